The Morgan fingerprint density at radius 3 is 2.50 bits per heavy atom. The summed E-state index contributed by atoms with van der Waals surface area (Å²) in [6, 6.07) is 15.0. The molecule has 2 aromatic carbocycles. The standard InChI is InChI=1S/C20H13Br2NO3/c1-10-7-16(24)18(20(25)26-10)17-14-6-5-13(22)9-15(14)23-19(17)11-3-2-4-12(21)8-11/h2-9,23-24H,1H3. The quantitative estimate of drug-likeness (QED) is 0.374. The SMILES string of the molecule is Cc1cc(O)c(-c2c(-c3cccc(Br)c3)[nH]c3cc(Br)ccc23)c(=O)o1. The molecule has 130 valence electrons. The van der Waals surface area contributed by atoms with Crippen molar-refractivity contribution in [2.75, 3.05) is 0 Å². The van der Waals surface area contributed by atoms with Gasteiger partial charge in [0.25, 0.3) is 0 Å². The van der Waals surface area contributed by atoms with Crippen molar-refractivity contribution in [2.24, 2.45) is 0 Å². The molecule has 0 unspecified atom stereocenters. The molecule has 0 aliphatic rings. The monoisotopic (exact) mass is 473 g/mol. The molecule has 6 heteroatoms. The number of fused-ring (bicyclic) bond motifs is 1. The van der Waals surface area contributed by atoms with Crippen LogP contribution in [-0.2, 0) is 0 Å². The molecule has 26 heavy (non-hydrogen) atoms. The highest BCUT2D eigenvalue weighted by Crippen LogP contribution is 2.41. The van der Waals surface area contributed by atoms with Crippen LogP contribution in [0.5, 0.6) is 5.75 Å². The highest BCUT2D eigenvalue weighted by molar-refractivity contribution is 9.10. The number of nitrogens with one attached hydrogen (secondary N) is 1. The number of benzene rings is 2. The Hall–Kier alpha value is -2.31. The van der Waals surface area contributed by atoms with E-state index in [1.807, 2.05) is 42.5 Å². The minimum absolute atomic E-state index is 0.0983. The summed E-state index contributed by atoms with van der Waals surface area (Å²) in [5.74, 6) is 0.265. The number of aromatic hydroxyl groups is 1. The summed E-state index contributed by atoms with van der Waals surface area (Å²) in [7, 11) is 0. The van der Waals surface area contributed by atoms with Crippen LogP contribution in [0.25, 0.3) is 33.3 Å². The second-order valence-corrected chi connectivity index (χ2v) is 7.81. The third kappa shape index (κ3) is 2.89. The number of aromatic nitrogens is 1. The van der Waals surface area contributed by atoms with Gasteiger partial charge in [0, 0.05) is 31.5 Å². The van der Waals surface area contributed by atoms with Crippen LogP contribution in [0.1, 0.15) is 5.76 Å². The van der Waals surface area contributed by atoms with Crippen molar-refractivity contribution in [1.29, 1.82) is 0 Å². The highest BCUT2D eigenvalue weighted by Gasteiger charge is 2.22. The zero-order valence-electron chi connectivity index (χ0n) is 13.6. The third-order valence-corrected chi connectivity index (χ3v) is 5.16. The van der Waals surface area contributed by atoms with Gasteiger partial charge in [-0.15, -0.1) is 0 Å². The van der Waals surface area contributed by atoms with Crippen molar-refractivity contribution in [3.8, 4) is 28.1 Å². The van der Waals surface area contributed by atoms with Gasteiger partial charge in [-0.1, -0.05) is 50.1 Å². The number of H-pyrrole nitrogens is 1. The summed E-state index contributed by atoms with van der Waals surface area (Å²) in [4.78, 5) is 15.9. The maximum atomic E-state index is 12.6. The topological polar surface area (TPSA) is 66.2 Å². The van der Waals surface area contributed by atoms with E-state index >= 15 is 0 Å². The lowest BCUT2D eigenvalue weighted by atomic mass is 9.99. The lowest BCUT2D eigenvalue weighted by Crippen LogP contribution is -2.04. The Balaban J connectivity index is 2.14. The molecule has 2 N–H and O–H groups in total. The molecule has 0 fully saturated rings. The molecule has 4 rings (SSSR count). The molecule has 0 amide bonds. The number of aryl methyl sites for hydroxylation is 1. The summed E-state index contributed by atoms with van der Waals surface area (Å²) in [5, 5.41) is 11.3. The zero-order valence-corrected chi connectivity index (χ0v) is 16.8. The molecule has 0 bridgehead atoms. The van der Waals surface area contributed by atoms with E-state index in [9.17, 15) is 9.90 Å². The Morgan fingerprint density at radius 1 is 1.00 bits per heavy atom. The van der Waals surface area contributed by atoms with Gasteiger partial charge in [-0.25, -0.2) is 4.79 Å². The smallest absolute Gasteiger partial charge is 0.347 e. The fourth-order valence-corrected chi connectivity index (χ4v) is 3.88. The van der Waals surface area contributed by atoms with E-state index < -0.39 is 5.63 Å². The minimum Gasteiger partial charge on any atom is -0.507 e. The first-order chi connectivity index (χ1) is 12.4. The molecule has 0 radical (unpaired) electrons. The summed E-state index contributed by atoms with van der Waals surface area (Å²) in [5.41, 5.74) is 2.69. The van der Waals surface area contributed by atoms with Gasteiger partial charge < -0.3 is 14.5 Å². The van der Waals surface area contributed by atoms with E-state index in [-0.39, 0.29) is 11.3 Å². The average Bonchev–Trinajstić information content (AvgIpc) is 2.92. The number of halogens is 2. The largest absolute Gasteiger partial charge is 0.507 e. The van der Waals surface area contributed by atoms with Crippen LogP contribution in [0.3, 0.4) is 0 Å². The van der Waals surface area contributed by atoms with Gasteiger partial charge in [0.2, 0.25) is 0 Å². The van der Waals surface area contributed by atoms with E-state index in [4.69, 9.17) is 4.42 Å². The Kier molecular flexibility index (Phi) is 4.25. The molecule has 4 aromatic rings. The minimum atomic E-state index is -0.567. The van der Waals surface area contributed by atoms with Gasteiger partial charge in [0.15, 0.2) is 0 Å². The van der Waals surface area contributed by atoms with Crippen molar-refractivity contribution in [1.82, 2.24) is 4.98 Å². The van der Waals surface area contributed by atoms with Crippen molar-refractivity contribution < 1.29 is 9.52 Å². The van der Waals surface area contributed by atoms with Crippen LogP contribution < -0.4 is 5.63 Å². The van der Waals surface area contributed by atoms with E-state index in [1.54, 1.807) is 6.92 Å². The van der Waals surface area contributed by atoms with Gasteiger partial charge in [-0.05, 0) is 36.8 Å². The predicted molar refractivity (Wildman–Crippen MR) is 110 cm³/mol. The summed E-state index contributed by atoms with van der Waals surface area (Å²) in [6.07, 6.45) is 0. The van der Waals surface area contributed by atoms with Crippen LogP contribution >= 0.6 is 31.9 Å². The number of rotatable bonds is 2. The maximum absolute atomic E-state index is 12.6. The second kappa shape index (κ2) is 6.45. The summed E-state index contributed by atoms with van der Waals surface area (Å²) < 4.78 is 7.09. The van der Waals surface area contributed by atoms with Gasteiger partial charge in [-0.3, -0.25) is 0 Å². The molecular weight excluding hydrogens is 462 g/mol. The molecule has 4 nitrogen and oxygen atoms in total. The fraction of sp³-hybridized carbons (Fsp3) is 0.0500. The number of hydrogen-bond acceptors (Lipinski definition) is 3. The molecule has 2 aromatic heterocycles. The lowest BCUT2D eigenvalue weighted by Gasteiger charge is -2.07. The molecule has 0 aliphatic carbocycles. The molecule has 0 aliphatic heterocycles. The van der Waals surface area contributed by atoms with Crippen LogP contribution in [-0.4, -0.2) is 10.1 Å². The van der Waals surface area contributed by atoms with Gasteiger partial charge >= 0.3 is 5.63 Å². The second-order valence-electron chi connectivity index (χ2n) is 5.98. The number of hydrogen-bond donors (Lipinski definition) is 2. The molecule has 0 spiro atoms. The predicted octanol–water partition coefficient (Wildman–Crippen LogP) is 5.99. The maximum Gasteiger partial charge on any atom is 0.347 e. The molecular formula is C20H13Br2NO3. The number of aromatic amines is 1. The lowest BCUT2D eigenvalue weighted by molar-refractivity contribution is 0.438. The Bertz CT molecular complexity index is 1210. The summed E-state index contributed by atoms with van der Waals surface area (Å²) >= 11 is 6.95. The molecule has 0 saturated heterocycles. The fourth-order valence-electron chi connectivity index (χ4n) is 3.12. The van der Waals surface area contributed by atoms with Crippen LogP contribution in [0.4, 0.5) is 0 Å². The highest BCUT2D eigenvalue weighted by atomic mass is 79.9. The molecule has 0 atom stereocenters. The Labute approximate surface area is 165 Å². The first kappa shape index (κ1) is 17.1. The first-order valence-corrected chi connectivity index (χ1v) is 9.44. The zero-order chi connectivity index (χ0) is 18.4. The van der Waals surface area contributed by atoms with E-state index in [0.717, 1.165) is 31.1 Å². The van der Waals surface area contributed by atoms with Crippen LogP contribution in [0.15, 0.2) is 66.7 Å². The average molecular weight is 475 g/mol. The van der Waals surface area contributed by atoms with E-state index in [1.165, 1.54) is 6.07 Å². The van der Waals surface area contributed by atoms with Crippen molar-refractivity contribution in [3.05, 3.63) is 73.7 Å². The molecule has 0 saturated carbocycles. The van der Waals surface area contributed by atoms with Gasteiger partial charge in [-0.2, -0.15) is 0 Å². The first-order valence-electron chi connectivity index (χ1n) is 7.85. The van der Waals surface area contributed by atoms with Gasteiger partial charge in [0.05, 0.1) is 5.69 Å². The van der Waals surface area contributed by atoms with Crippen LogP contribution in [0, 0.1) is 6.92 Å². The van der Waals surface area contributed by atoms with E-state index in [0.29, 0.717) is 11.3 Å². The van der Waals surface area contributed by atoms with Crippen molar-refractivity contribution >= 4 is 42.8 Å². The Morgan fingerprint density at radius 2 is 1.77 bits per heavy atom. The normalized spacial score (nSPS) is 11.2. The van der Waals surface area contributed by atoms with E-state index in [2.05, 4.69) is 36.8 Å². The summed E-state index contributed by atoms with van der Waals surface area (Å²) in [6.45, 7) is 1.63. The van der Waals surface area contributed by atoms with Gasteiger partial charge in [0.1, 0.15) is 17.1 Å². The van der Waals surface area contributed by atoms with Crippen molar-refractivity contribution in [3.63, 3.8) is 0 Å². The third-order valence-electron chi connectivity index (χ3n) is 4.18. The van der Waals surface area contributed by atoms with Crippen LogP contribution in [0.2, 0.25) is 0 Å². The van der Waals surface area contributed by atoms with Crippen molar-refractivity contribution in [2.45, 2.75) is 6.92 Å². The molecule has 2 heterocycles.